The van der Waals surface area contributed by atoms with Gasteiger partial charge in [-0.2, -0.15) is 8.78 Å². The molecule has 1 N–H and O–H groups in total. The molecular weight excluding hydrogens is 454 g/mol. The molecule has 10 heteroatoms. The Morgan fingerprint density at radius 2 is 1.88 bits per heavy atom. The van der Waals surface area contributed by atoms with E-state index in [0.29, 0.717) is 23.0 Å². The Labute approximate surface area is 193 Å². The summed E-state index contributed by atoms with van der Waals surface area (Å²) in [5.74, 6) is -1.18. The van der Waals surface area contributed by atoms with Gasteiger partial charge < -0.3 is 14.8 Å². The fraction of sp³-hybridized carbons (Fsp3) is 0.261. The Bertz CT molecular complexity index is 1120. The number of alkyl halides is 2. The Hall–Kier alpha value is -3.40. The molecule has 1 heterocycles. The van der Waals surface area contributed by atoms with E-state index in [1.54, 1.807) is 19.1 Å². The highest BCUT2D eigenvalue weighted by atomic mass is 32.2. The molecule has 2 aromatic rings. The van der Waals surface area contributed by atoms with E-state index in [9.17, 15) is 23.2 Å². The van der Waals surface area contributed by atoms with Crippen molar-refractivity contribution in [3.05, 3.63) is 58.0 Å². The molecule has 2 aromatic carbocycles. The lowest BCUT2D eigenvalue weighted by molar-refractivity contribution is -0.127. The van der Waals surface area contributed by atoms with Crippen LogP contribution in [0.25, 0.3) is 6.08 Å². The molecule has 0 atom stereocenters. The number of anilines is 1. The third kappa shape index (κ3) is 6.10. The van der Waals surface area contributed by atoms with Gasteiger partial charge in [-0.15, -0.1) is 0 Å². The van der Waals surface area contributed by atoms with E-state index in [-0.39, 0.29) is 23.0 Å². The zero-order chi connectivity index (χ0) is 24.1. The summed E-state index contributed by atoms with van der Waals surface area (Å²) in [6.45, 7) is 2.32. The lowest BCUT2D eigenvalue weighted by atomic mass is 10.1. The first-order valence-electron chi connectivity index (χ1n) is 10.0. The third-order valence-corrected chi connectivity index (χ3v) is 5.65. The lowest BCUT2D eigenvalue weighted by Gasteiger charge is -2.13. The molecule has 0 unspecified atom stereocenters. The summed E-state index contributed by atoms with van der Waals surface area (Å²) in [6.07, 6.45) is 1.43. The number of imide groups is 1. The highest BCUT2D eigenvalue weighted by Crippen LogP contribution is 2.35. The van der Waals surface area contributed by atoms with E-state index in [4.69, 9.17) is 4.74 Å². The number of nitrogens with one attached hydrogen (secondary N) is 1. The summed E-state index contributed by atoms with van der Waals surface area (Å²) in [7, 11) is 0. The second kappa shape index (κ2) is 10.5. The van der Waals surface area contributed by atoms with Crippen molar-refractivity contribution in [3.63, 3.8) is 0 Å². The van der Waals surface area contributed by atoms with Crippen molar-refractivity contribution >= 4 is 40.6 Å². The van der Waals surface area contributed by atoms with Crippen LogP contribution in [0, 0.1) is 13.8 Å². The van der Waals surface area contributed by atoms with Gasteiger partial charge in [0.2, 0.25) is 5.91 Å². The number of carbonyl (C=O) groups is 3. The van der Waals surface area contributed by atoms with Gasteiger partial charge >= 0.3 is 6.61 Å². The fourth-order valence-electron chi connectivity index (χ4n) is 3.03. The van der Waals surface area contributed by atoms with Crippen molar-refractivity contribution in [2.45, 2.75) is 27.4 Å². The maximum Gasteiger partial charge on any atom is 0.387 e. The number of aryl methyl sites for hydroxylation is 2. The molecule has 7 nitrogen and oxygen atoms in total. The number of benzene rings is 2. The summed E-state index contributed by atoms with van der Waals surface area (Å²) >= 11 is 0.690. The molecule has 0 aliphatic carbocycles. The average molecular weight is 477 g/mol. The molecule has 0 radical (unpaired) electrons. The number of hydrogen-bond acceptors (Lipinski definition) is 6. The van der Waals surface area contributed by atoms with Crippen molar-refractivity contribution in [3.8, 4) is 11.5 Å². The average Bonchev–Trinajstić information content (AvgIpc) is 3.00. The lowest BCUT2D eigenvalue weighted by Crippen LogP contribution is -2.36. The van der Waals surface area contributed by atoms with Gasteiger partial charge in [0, 0.05) is 5.69 Å². The Kier molecular flexibility index (Phi) is 7.70. The number of carbonyl (C=O) groups excluding carboxylic acids is 3. The van der Waals surface area contributed by atoms with Crippen LogP contribution >= 0.6 is 11.8 Å². The predicted octanol–water partition coefficient (Wildman–Crippen LogP) is 4.98. The number of thioether (sulfide) groups is 1. The first kappa shape index (κ1) is 24.2. The number of ether oxygens (including phenoxy) is 2. The molecule has 3 amide bonds. The summed E-state index contributed by atoms with van der Waals surface area (Å²) in [5.41, 5.74) is 3.09. The van der Waals surface area contributed by atoms with Gasteiger partial charge in [0.25, 0.3) is 11.1 Å². The van der Waals surface area contributed by atoms with Crippen LogP contribution in [0.4, 0.5) is 19.3 Å². The standard InChI is InChI=1S/C23H22F2N2O5S/c1-4-31-18-10-15(6-8-17(18)32-22(24)25)11-19-21(29)27(23(30)33-19)12-20(28)26-16-7-5-13(2)14(3)9-16/h5-11,22H,4,12H2,1-3H3,(H,26,28)/b19-11-. The van der Waals surface area contributed by atoms with E-state index in [0.717, 1.165) is 16.0 Å². The fourth-order valence-corrected chi connectivity index (χ4v) is 3.87. The van der Waals surface area contributed by atoms with Gasteiger partial charge in [-0.25, -0.2) is 0 Å². The van der Waals surface area contributed by atoms with Crippen LogP contribution in [0.15, 0.2) is 41.3 Å². The van der Waals surface area contributed by atoms with Crippen LogP contribution in [0.1, 0.15) is 23.6 Å². The summed E-state index contributed by atoms with van der Waals surface area (Å²) in [5, 5.41) is 2.10. The number of rotatable bonds is 8. The molecule has 0 spiro atoms. The minimum atomic E-state index is -3.01. The summed E-state index contributed by atoms with van der Waals surface area (Å²) in [6, 6.07) is 9.60. The van der Waals surface area contributed by atoms with Gasteiger partial charge in [0.15, 0.2) is 11.5 Å². The second-order valence-electron chi connectivity index (χ2n) is 7.13. The quantitative estimate of drug-likeness (QED) is 0.541. The molecule has 3 rings (SSSR count). The molecule has 0 saturated carbocycles. The molecule has 174 valence electrons. The number of amides is 3. The molecule has 1 fully saturated rings. The van der Waals surface area contributed by atoms with Crippen LogP contribution in [0.5, 0.6) is 11.5 Å². The summed E-state index contributed by atoms with van der Waals surface area (Å²) in [4.78, 5) is 38.4. The molecule has 1 aliphatic heterocycles. The van der Waals surface area contributed by atoms with Gasteiger partial charge in [-0.05, 0) is 79.6 Å². The van der Waals surface area contributed by atoms with E-state index in [1.165, 1.54) is 24.3 Å². The van der Waals surface area contributed by atoms with Crippen molar-refractivity contribution in [1.29, 1.82) is 0 Å². The maximum absolute atomic E-state index is 12.7. The van der Waals surface area contributed by atoms with Crippen molar-refractivity contribution in [1.82, 2.24) is 4.90 Å². The maximum atomic E-state index is 12.7. The van der Waals surface area contributed by atoms with E-state index in [2.05, 4.69) is 10.1 Å². The van der Waals surface area contributed by atoms with E-state index in [1.807, 2.05) is 19.9 Å². The van der Waals surface area contributed by atoms with Crippen molar-refractivity contribution in [2.24, 2.45) is 0 Å². The van der Waals surface area contributed by atoms with Crippen molar-refractivity contribution in [2.75, 3.05) is 18.5 Å². The monoisotopic (exact) mass is 476 g/mol. The minimum Gasteiger partial charge on any atom is -0.490 e. The SMILES string of the molecule is CCOc1cc(/C=C2\SC(=O)N(CC(=O)Nc3ccc(C)c(C)c3)C2=O)ccc1OC(F)F. The number of halogens is 2. The zero-order valence-electron chi connectivity index (χ0n) is 18.2. The number of nitrogens with zero attached hydrogens (tertiary/aromatic N) is 1. The summed E-state index contributed by atoms with van der Waals surface area (Å²) < 4.78 is 34.9. The van der Waals surface area contributed by atoms with Crippen LogP contribution in [0.2, 0.25) is 0 Å². The zero-order valence-corrected chi connectivity index (χ0v) is 19.0. The molecule has 33 heavy (non-hydrogen) atoms. The largest absolute Gasteiger partial charge is 0.490 e. The van der Waals surface area contributed by atoms with Crippen molar-refractivity contribution < 1.29 is 32.6 Å². The molecule has 0 aromatic heterocycles. The van der Waals surface area contributed by atoms with Gasteiger partial charge in [0.1, 0.15) is 6.54 Å². The Morgan fingerprint density at radius 1 is 1.12 bits per heavy atom. The third-order valence-electron chi connectivity index (χ3n) is 4.75. The first-order chi connectivity index (χ1) is 15.7. The smallest absolute Gasteiger partial charge is 0.387 e. The normalized spacial score (nSPS) is 14.8. The van der Waals surface area contributed by atoms with Gasteiger partial charge in [-0.3, -0.25) is 19.3 Å². The minimum absolute atomic E-state index is 0.0820. The van der Waals surface area contributed by atoms with Gasteiger partial charge in [0.05, 0.1) is 11.5 Å². The second-order valence-corrected chi connectivity index (χ2v) is 8.13. The number of hydrogen-bond donors (Lipinski definition) is 1. The molecular formula is C23H22F2N2O5S. The molecule has 1 saturated heterocycles. The predicted molar refractivity (Wildman–Crippen MR) is 121 cm³/mol. The van der Waals surface area contributed by atoms with Crippen LogP contribution in [0.3, 0.4) is 0 Å². The topological polar surface area (TPSA) is 84.9 Å². The first-order valence-corrected chi connectivity index (χ1v) is 10.8. The van der Waals surface area contributed by atoms with E-state index < -0.39 is 30.2 Å². The van der Waals surface area contributed by atoms with Gasteiger partial charge in [-0.1, -0.05) is 12.1 Å². The highest BCUT2D eigenvalue weighted by molar-refractivity contribution is 8.18. The van der Waals surface area contributed by atoms with Crippen LogP contribution in [-0.4, -0.2) is 41.7 Å². The van der Waals surface area contributed by atoms with Crippen LogP contribution < -0.4 is 14.8 Å². The highest BCUT2D eigenvalue weighted by Gasteiger charge is 2.36. The molecule has 0 bridgehead atoms. The molecule has 1 aliphatic rings. The van der Waals surface area contributed by atoms with Crippen LogP contribution in [-0.2, 0) is 9.59 Å². The van der Waals surface area contributed by atoms with E-state index >= 15 is 0 Å². The Morgan fingerprint density at radius 3 is 2.55 bits per heavy atom. The Balaban J connectivity index is 1.73.